The van der Waals surface area contributed by atoms with E-state index in [4.69, 9.17) is 0 Å². The maximum atomic E-state index is 13.3. The van der Waals surface area contributed by atoms with Gasteiger partial charge in [0, 0.05) is 63.3 Å². The van der Waals surface area contributed by atoms with Gasteiger partial charge in [0.25, 0.3) is 0 Å². The van der Waals surface area contributed by atoms with Crippen molar-refractivity contribution in [3.63, 3.8) is 0 Å². The Labute approximate surface area is 178 Å². The van der Waals surface area contributed by atoms with E-state index >= 15 is 0 Å². The predicted octanol–water partition coefficient (Wildman–Crippen LogP) is 2.64. The summed E-state index contributed by atoms with van der Waals surface area (Å²) in [4.78, 5) is 27.3. The fourth-order valence-electron chi connectivity index (χ4n) is 4.75. The predicted molar refractivity (Wildman–Crippen MR) is 110 cm³/mol. The van der Waals surface area contributed by atoms with Crippen LogP contribution >= 0.6 is 0 Å². The van der Waals surface area contributed by atoms with Gasteiger partial charge in [0.1, 0.15) is 17.4 Å². The number of aliphatic hydroxyl groups is 1. The van der Waals surface area contributed by atoms with Crippen LogP contribution < -0.4 is 9.80 Å². The van der Waals surface area contributed by atoms with Crippen molar-refractivity contribution in [2.24, 2.45) is 10.9 Å². The van der Waals surface area contributed by atoms with Gasteiger partial charge in [-0.15, -0.1) is 0 Å². The van der Waals surface area contributed by atoms with Gasteiger partial charge in [-0.2, -0.15) is 13.2 Å². The number of piperidine rings is 1. The van der Waals surface area contributed by atoms with E-state index in [1.165, 1.54) is 4.90 Å². The maximum absolute atomic E-state index is 13.3. The van der Waals surface area contributed by atoms with Crippen LogP contribution in [0.1, 0.15) is 38.4 Å². The van der Waals surface area contributed by atoms with Crippen molar-refractivity contribution in [3.05, 3.63) is 23.0 Å². The van der Waals surface area contributed by atoms with Crippen molar-refractivity contribution in [2.45, 2.75) is 44.4 Å². The lowest BCUT2D eigenvalue weighted by Crippen LogP contribution is -2.42. The Morgan fingerprint density at radius 1 is 1.23 bits per heavy atom. The molecule has 0 radical (unpaired) electrons. The molecule has 1 aliphatic carbocycles. The van der Waals surface area contributed by atoms with Crippen LogP contribution in [-0.4, -0.2) is 65.9 Å². The highest BCUT2D eigenvalue weighted by atomic mass is 19.4. The van der Waals surface area contributed by atoms with Crippen LogP contribution in [0.15, 0.2) is 22.2 Å². The van der Waals surface area contributed by atoms with E-state index in [1.807, 2.05) is 4.90 Å². The van der Waals surface area contributed by atoms with Gasteiger partial charge in [0.05, 0.1) is 12.1 Å². The Bertz CT molecular complexity index is 960. The maximum Gasteiger partial charge on any atom is 0.451 e. The monoisotopic (exact) mass is 437 g/mol. The molecule has 168 valence electrons. The van der Waals surface area contributed by atoms with Gasteiger partial charge in [-0.3, -0.25) is 9.79 Å². The molecule has 1 atom stereocenters. The minimum Gasteiger partial charge on any atom is -0.385 e. The Balaban J connectivity index is 1.52. The summed E-state index contributed by atoms with van der Waals surface area (Å²) >= 11 is 0. The van der Waals surface area contributed by atoms with Crippen molar-refractivity contribution >= 4 is 23.1 Å². The topological polar surface area (TPSA) is 81.9 Å². The van der Waals surface area contributed by atoms with Crippen LogP contribution in [0.4, 0.5) is 24.8 Å². The molecule has 1 N–H and O–H groups in total. The van der Waals surface area contributed by atoms with Crippen molar-refractivity contribution in [3.8, 4) is 0 Å². The summed E-state index contributed by atoms with van der Waals surface area (Å²) in [5.74, 6) is -0.560. The lowest BCUT2D eigenvalue weighted by atomic mass is 9.74. The Hall–Kier alpha value is -2.49. The van der Waals surface area contributed by atoms with Gasteiger partial charge < -0.3 is 14.9 Å². The molecular weight excluding hydrogens is 411 g/mol. The third kappa shape index (κ3) is 4.17. The standard InChI is InChI=1S/C21H26F3N5O2/c1-20(31)10-14(30)8-13-11-25-18(17(13)20)12-4-6-29(7-5-12)16-9-15(28(2)3)26-19(27-16)21(22,23)24/h9,12,31H,4-8,10-11H2,1-3H3. The molecule has 1 unspecified atom stereocenters. The second kappa shape index (κ2) is 7.58. The lowest BCUT2D eigenvalue weighted by molar-refractivity contribution is -0.144. The average molecular weight is 437 g/mol. The third-order valence-corrected chi connectivity index (χ3v) is 6.16. The minimum absolute atomic E-state index is 0.0240. The number of aromatic nitrogens is 2. The molecule has 1 aromatic heterocycles. The number of carbonyl (C=O) groups excluding carboxylic acids is 1. The molecule has 1 fully saturated rings. The largest absolute Gasteiger partial charge is 0.451 e. The van der Waals surface area contributed by atoms with E-state index in [0.717, 1.165) is 16.9 Å². The van der Waals surface area contributed by atoms with Gasteiger partial charge in [0.2, 0.25) is 5.82 Å². The van der Waals surface area contributed by atoms with Crippen LogP contribution in [0.25, 0.3) is 0 Å². The van der Waals surface area contributed by atoms with Gasteiger partial charge in [-0.25, -0.2) is 9.97 Å². The van der Waals surface area contributed by atoms with E-state index in [1.54, 1.807) is 27.1 Å². The van der Waals surface area contributed by atoms with Crippen molar-refractivity contribution in [2.75, 3.05) is 43.5 Å². The zero-order chi connectivity index (χ0) is 22.6. The molecule has 0 saturated carbocycles. The Kier molecular flexibility index (Phi) is 5.31. The molecule has 3 heterocycles. The number of carbonyl (C=O) groups is 1. The molecule has 31 heavy (non-hydrogen) atoms. The third-order valence-electron chi connectivity index (χ3n) is 6.16. The van der Waals surface area contributed by atoms with Gasteiger partial charge >= 0.3 is 6.18 Å². The molecule has 0 amide bonds. The summed E-state index contributed by atoms with van der Waals surface area (Å²) in [5.41, 5.74) is 1.37. The quantitative estimate of drug-likeness (QED) is 0.783. The number of hydrogen-bond donors (Lipinski definition) is 1. The van der Waals surface area contributed by atoms with Crippen molar-refractivity contribution in [1.29, 1.82) is 0 Å². The van der Waals surface area contributed by atoms with Gasteiger partial charge in [-0.05, 0) is 25.3 Å². The summed E-state index contributed by atoms with van der Waals surface area (Å²) in [6.45, 7) is 3.15. The van der Waals surface area contributed by atoms with Crippen LogP contribution in [0.5, 0.6) is 0 Å². The van der Waals surface area contributed by atoms with E-state index in [9.17, 15) is 23.1 Å². The molecule has 2 aliphatic heterocycles. The highest BCUT2D eigenvalue weighted by Crippen LogP contribution is 2.40. The molecule has 1 saturated heterocycles. The zero-order valence-corrected chi connectivity index (χ0v) is 17.8. The normalized spacial score (nSPS) is 25.1. The minimum atomic E-state index is -4.62. The molecule has 0 spiro atoms. The van der Waals surface area contributed by atoms with Crippen molar-refractivity contribution < 1.29 is 23.1 Å². The lowest BCUT2D eigenvalue weighted by Gasteiger charge is -2.37. The molecule has 0 aromatic carbocycles. The number of anilines is 2. The number of ketones is 1. The molecule has 7 nitrogen and oxygen atoms in total. The van der Waals surface area contributed by atoms with E-state index in [2.05, 4.69) is 15.0 Å². The number of halogens is 3. The number of nitrogens with zero attached hydrogens (tertiary/aromatic N) is 5. The van der Waals surface area contributed by atoms with E-state index in [-0.39, 0.29) is 29.8 Å². The first kappa shape index (κ1) is 21.7. The van der Waals surface area contributed by atoms with Crippen LogP contribution in [0.2, 0.25) is 0 Å². The number of aliphatic imine (C=N–C) groups is 1. The summed E-state index contributed by atoms with van der Waals surface area (Å²) in [5, 5.41) is 10.8. The fraction of sp³-hybridized carbons (Fsp3) is 0.619. The molecule has 3 aliphatic rings. The number of alkyl halides is 3. The van der Waals surface area contributed by atoms with Gasteiger partial charge in [0.15, 0.2) is 0 Å². The average Bonchev–Trinajstić information content (AvgIpc) is 3.11. The molecule has 1 aromatic rings. The second-order valence-corrected chi connectivity index (χ2v) is 8.91. The smallest absolute Gasteiger partial charge is 0.385 e. The first-order valence-electron chi connectivity index (χ1n) is 10.4. The number of Topliss-reactive ketones (excluding diaryl/α,β-unsaturated/α-hetero) is 1. The molecule has 10 heteroatoms. The van der Waals surface area contributed by atoms with Crippen molar-refractivity contribution in [1.82, 2.24) is 9.97 Å². The summed E-state index contributed by atoms with van der Waals surface area (Å²) in [6, 6.07) is 1.57. The zero-order valence-electron chi connectivity index (χ0n) is 17.8. The summed E-state index contributed by atoms with van der Waals surface area (Å²) in [6.07, 6.45) is -2.82. The Morgan fingerprint density at radius 2 is 1.90 bits per heavy atom. The summed E-state index contributed by atoms with van der Waals surface area (Å²) < 4.78 is 39.8. The first-order valence-corrected chi connectivity index (χ1v) is 10.4. The SMILES string of the molecule is CN(C)c1cc(N2CCC(C3=NCC4=C3C(C)(O)CC(=O)C4)CC2)nc(C(F)(F)F)n1. The number of hydrogen-bond acceptors (Lipinski definition) is 7. The molecular formula is C21H26F3N5O2. The van der Waals surface area contributed by atoms with E-state index < -0.39 is 17.6 Å². The Morgan fingerprint density at radius 3 is 2.52 bits per heavy atom. The fourth-order valence-corrected chi connectivity index (χ4v) is 4.75. The summed E-state index contributed by atoms with van der Waals surface area (Å²) in [7, 11) is 3.28. The van der Waals surface area contributed by atoms with Crippen LogP contribution in [0, 0.1) is 5.92 Å². The highest BCUT2D eigenvalue weighted by molar-refractivity contribution is 6.08. The number of rotatable bonds is 3. The highest BCUT2D eigenvalue weighted by Gasteiger charge is 2.43. The van der Waals surface area contributed by atoms with Gasteiger partial charge in [-0.1, -0.05) is 0 Å². The van der Waals surface area contributed by atoms with Crippen LogP contribution in [-0.2, 0) is 11.0 Å². The molecule has 4 rings (SSSR count). The first-order chi connectivity index (χ1) is 14.5. The van der Waals surface area contributed by atoms with E-state index in [0.29, 0.717) is 38.9 Å². The van der Waals surface area contributed by atoms with Crippen LogP contribution in [0.3, 0.4) is 0 Å². The molecule has 0 bridgehead atoms. The second-order valence-electron chi connectivity index (χ2n) is 8.91.